The van der Waals surface area contributed by atoms with Gasteiger partial charge >= 0.3 is 6.03 Å². The van der Waals surface area contributed by atoms with Gasteiger partial charge in [-0.3, -0.25) is 9.69 Å². The molecule has 0 radical (unpaired) electrons. The summed E-state index contributed by atoms with van der Waals surface area (Å²) in [7, 11) is 0. The maximum Gasteiger partial charge on any atom is 0.325 e. The van der Waals surface area contributed by atoms with Crippen LogP contribution < -0.4 is 14.8 Å². The molecule has 1 fully saturated rings. The minimum Gasteiger partial charge on any atom is -0.454 e. The molecule has 0 saturated carbocycles. The summed E-state index contributed by atoms with van der Waals surface area (Å²) >= 11 is 0. The maximum absolute atomic E-state index is 12.9. The van der Waals surface area contributed by atoms with Crippen LogP contribution in [0.5, 0.6) is 11.5 Å². The Labute approximate surface area is 139 Å². The van der Waals surface area contributed by atoms with E-state index in [9.17, 15) is 9.59 Å². The molecule has 0 spiro atoms. The fourth-order valence-electron chi connectivity index (χ4n) is 3.03. The Morgan fingerprint density at radius 2 is 1.83 bits per heavy atom. The van der Waals surface area contributed by atoms with Gasteiger partial charge in [-0.25, -0.2) is 4.79 Å². The van der Waals surface area contributed by atoms with Gasteiger partial charge in [0.1, 0.15) is 5.54 Å². The molecule has 4 rings (SSSR count). The van der Waals surface area contributed by atoms with Crippen LogP contribution in [0.1, 0.15) is 18.1 Å². The second kappa shape index (κ2) is 5.26. The van der Waals surface area contributed by atoms with Gasteiger partial charge in [-0.15, -0.1) is 0 Å². The molecule has 1 atom stereocenters. The third kappa shape index (κ3) is 2.19. The molecule has 0 bridgehead atoms. The Bertz CT molecular complexity index is 821. The molecule has 1 N–H and O–H groups in total. The number of rotatable bonds is 3. The van der Waals surface area contributed by atoms with Crippen molar-refractivity contribution in [2.24, 2.45) is 0 Å². The zero-order valence-corrected chi connectivity index (χ0v) is 13.1. The minimum atomic E-state index is -1.05. The first-order chi connectivity index (χ1) is 11.6. The van der Waals surface area contributed by atoms with Crippen LogP contribution in [-0.2, 0) is 16.9 Å². The fourth-order valence-corrected chi connectivity index (χ4v) is 3.03. The van der Waals surface area contributed by atoms with E-state index in [4.69, 9.17) is 9.47 Å². The molecule has 3 amide bonds. The van der Waals surface area contributed by atoms with Gasteiger partial charge in [-0.05, 0) is 30.2 Å². The first kappa shape index (κ1) is 14.6. The number of fused-ring (bicyclic) bond motifs is 1. The van der Waals surface area contributed by atoms with E-state index in [0.29, 0.717) is 11.5 Å². The number of hydrogen-bond acceptors (Lipinski definition) is 4. The third-order valence-electron chi connectivity index (χ3n) is 4.40. The van der Waals surface area contributed by atoms with Crippen molar-refractivity contribution in [1.82, 2.24) is 10.2 Å². The largest absolute Gasteiger partial charge is 0.454 e. The molecular formula is C18H16N2O4. The first-order valence-electron chi connectivity index (χ1n) is 7.66. The van der Waals surface area contributed by atoms with E-state index in [2.05, 4.69) is 5.32 Å². The van der Waals surface area contributed by atoms with E-state index in [1.54, 1.807) is 19.1 Å². The van der Waals surface area contributed by atoms with Crippen molar-refractivity contribution in [3.63, 3.8) is 0 Å². The maximum atomic E-state index is 12.9. The SMILES string of the molecule is CC1(c2ccccc2)NC(=O)N(Cc2ccc3c(c2)OCO3)C1=O. The van der Waals surface area contributed by atoms with Crippen LogP contribution in [0.25, 0.3) is 0 Å². The number of imide groups is 1. The van der Waals surface area contributed by atoms with Gasteiger partial charge in [0.25, 0.3) is 5.91 Å². The zero-order chi connectivity index (χ0) is 16.7. The number of hydrogen-bond donors (Lipinski definition) is 1. The second-order valence-corrected chi connectivity index (χ2v) is 6.00. The van der Waals surface area contributed by atoms with E-state index in [1.165, 1.54) is 4.90 Å². The summed E-state index contributed by atoms with van der Waals surface area (Å²) < 4.78 is 10.6. The Morgan fingerprint density at radius 3 is 2.62 bits per heavy atom. The summed E-state index contributed by atoms with van der Waals surface area (Å²) in [6.07, 6.45) is 0. The zero-order valence-electron chi connectivity index (χ0n) is 13.1. The fraction of sp³-hybridized carbons (Fsp3) is 0.222. The Kier molecular flexibility index (Phi) is 3.19. The average molecular weight is 324 g/mol. The van der Waals surface area contributed by atoms with Crippen LogP contribution in [0.4, 0.5) is 4.79 Å². The number of nitrogens with one attached hydrogen (secondary N) is 1. The molecule has 1 saturated heterocycles. The van der Waals surface area contributed by atoms with Crippen LogP contribution in [-0.4, -0.2) is 23.6 Å². The van der Waals surface area contributed by atoms with E-state index in [1.807, 2.05) is 36.4 Å². The van der Waals surface area contributed by atoms with E-state index in [-0.39, 0.29) is 19.2 Å². The van der Waals surface area contributed by atoms with Crippen molar-refractivity contribution in [1.29, 1.82) is 0 Å². The molecule has 2 heterocycles. The quantitative estimate of drug-likeness (QED) is 0.880. The topological polar surface area (TPSA) is 67.9 Å². The minimum absolute atomic E-state index is 0.184. The number of carbonyl (C=O) groups is 2. The summed E-state index contributed by atoms with van der Waals surface area (Å²) in [4.78, 5) is 26.4. The van der Waals surface area contributed by atoms with Crippen molar-refractivity contribution in [2.75, 3.05) is 6.79 Å². The molecule has 6 nitrogen and oxygen atoms in total. The highest BCUT2D eigenvalue weighted by Crippen LogP contribution is 2.34. The molecule has 0 aliphatic carbocycles. The summed E-state index contributed by atoms with van der Waals surface area (Å²) in [6.45, 7) is 2.10. The first-order valence-corrected chi connectivity index (χ1v) is 7.66. The van der Waals surface area contributed by atoms with E-state index < -0.39 is 11.6 Å². The molecule has 1 unspecified atom stereocenters. The highest BCUT2D eigenvalue weighted by Gasteiger charge is 2.48. The normalized spacial score (nSPS) is 22.0. The van der Waals surface area contributed by atoms with Crippen molar-refractivity contribution in [3.8, 4) is 11.5 Å². The highest BCUT2D eigenvalue weighted by atomic mass is 16.7. The van der Waals surface area contributed by atoms with Gasteiger partial charge in [-0.2, -0.15) is 0 Å². The van der Waals surface area contributed by atoms with Crippen molar-refractivity contribution < 1.29 is 19.1 Å². The highest BCUT2D eigenvalue weighted by molar-refractivity contribution is 6.07. The molecule has 6 heteroatoms. The molecule has 2 aliphatic rings. The molecular weight excluding hydrogens is 308 g/mol. The van der Waals surface area contributed by atoms with Crippen molar-refractivity contribution in [2.45, 2.75) is 19.0 Å². The van der Waals surface area contributed by atoms with Crippen LogP contribution in [0.15, 0.2) is 48.5 Å². The number of benzene rings is 2. The summed E-state index contributed by atoms with van der Waals surface area (Å²) in [6, 6.07) is 14.2. The van der Waals surface area contributed by atoms with Gasteiger partial charge in [0.05, 0.1) is 6.54 Å². The lowest BCUT2D eigenvalue weighted by Gasteiger charge is -2.22. The van der Waals surface area contributed by atoms with Crippen LogP contribution in [0, 0.1) is 0 Å². The van der Waals surface area contributed by atoms with E-state index >= 15 is 0 Å². The van der Waals surface area contributed by atoms with Gasteiger partial charge in [0.2, 0.25) is 6.79 Å². The summed E-state index contributed by atoms with van der Waals surface area (Å²) in [5, 5.41) is 2.80. The standard InChI is InChI=1S/C18H16N2O4/c1-18(13-5-3-2-4-6-13)16(21)20(17(22)19-18)10-12-7-8-14-15(9-12)24-11-23-14/h2-9H,10-11H2,1H3,(H,19,22). The van der Waals surface area contributed by atoms with Crippen LogP contribution >= 0.6 is 0 Å². The molecule has 2 aromatic carbocycles. The molecule has 2 aromatic rings. The average Bonchev–Trinajstić information content (AvgIpc) is 3.14. The monoisotopic (exact) mass is 324 g/mol. The van der Waals surface area contributed by atoms with Gasteiger partial charge in [-0.1, -0.05) is 36.4 Å². The predicted octanol–water partition coefficient (Wildman–Crippen LogP) is 2.38. The number of nitrogens with zero attached hydrogens (tertiary/aromatic N) is 1. The third-order valence-corrected chi connectivity index (χ3v) is 4.40. The molecule has 122 valence electrons. The predicted molar refractivity (Wildman–Crippen MR) is 85.4 cm³/mol. The van der Waals surface area contributed by atoms with Gasteiger partial charge < -0.3 is 14.8 Å². The lowest BCUT2D eigenvalue weighted by atomic mass is 9.92. The van der Waals surface area contributed by atoms with Crippen molar-refractivity contribution >= 4 is 11.9 Å². The number of ether oxygens (including phenoxy) is 2. The summed E-state index contributed by atoms with van der Waals surface area (Å²) in [5.74, 6) is 1.03. The summed E-state index contributed by atoms with van der Waals surface area (Å²) in [5.41, 5.74) is 0.519. The number of urea groups is 1. The Morgan fingerprint density at radius 1 is 1.08 bits per heavy atom. The van der Waals surface area contributed by atoms with Crippen LogP contribution in [0.3, 0.4) is 0 Å². The van der Waals surface area contributed by atoms with Gasteiger partial charge in [0, 0.05) is 0 Å². The van der Waals surface area contributed by atoms with Crippen LogP contribution in [0.2, 0.25) is 0 Å². The Hall–Kier alpha value is -3.02. The Balaban J connectivity index is 1.60. The number of carbonyl (C=O) groups excluding carboxylic acids is 2. The number of amides is 3. The smallest absolute Gasteiger partial charge is 0.325 e. The molecule has 2 aliphatic heterocycles. The lowest BCUT2D eigenvalue weighted by Crippen LogP contribution is -2.40. The van der Waals surface area contributed by atoms with Crippen molar-refractivity contribution in [3.05, 3.63) is 59.7 Å². The molecule has 0 aromatic heterocycles. The van der Waals surface area contributed by atoms with Gasteiger partial charge in [0.15, 0.2) is 11.5 Å². The molecule has 24 heavy (non-hydrogen) atoms. The second-order valence-electron chi connectivity index (χ2n) is 6.00. The lowest BCUT2D eigenvalue weighted by molar-refractivity contribution is -0.131. The van der Waals surface area contributed by atoms with E-state index in [0.717, 1.165) is 11.1 Å².